The molecule has 2 aromatic heterocycles. The molecule has 2 amide bonds. The number of aryl methyl sites for hydroxylation is 2. The first-order chi connectivity index (χ1) is 14.3. The van der Waals surface area contributed by atoms with E-state index in [2.05, 4.69) is 15.5 Å². The Kier molecular flexibility index (Phi) is 7.17. The predicted molar refractivity (Wildman–Crippen MR) is 119 cm³/mol. The zero-order valence-electron chi connectivity index (χ0n) is 17.1. The monoisotopic (exact) mass is 442 g/mol. The van der Waals surface area contributed by atoms with E-state index in [9.17, 15) is 9.59 Å². The van der Waals surface area contributed by atoms with E-state index in [-0.39, 0.29) is 11.1 Å². The third kappa shape index (κ3) is 5.43. The van der Waals surface area contributed by atoms with Gasteiger partial charge in [0.15, 0.2) is 0 Å². The van der Waals surface area contributed by atoms with Gasteiger partial charge in [-0.3, -0.25) is 9.59 Å². The maximum absolute atomic E-state index is 12.8. The summed E-state index contributed by atoms with van der Waals surface area (Å²) in [6.45, 7) is 3.77. The van der Waals surface area contributed by atoms with E-state index in [4.69, 9.17) is 4.52 Å². The lowest BCUT2D eigenvalue weighted by Gasteiger charge is -2.11. The van der Waals surface area contributed by atoms with Gasteiger partial charge in [0.05, 0.1) is 11.3 Å². The standard InChI is InChI=1S/C21H22N4O3S2/c1-13-18(14(2)28-24-13)12-29-20-17(6-5-11-22-20)19(26)23-15-7-9-16(10-8-15)30-21(27)25(3)4/h5-11H,12H2,1-4H3,(H,23,26). The quantitative estimate of drug-likeness (QED) is 0.537. The summed E-state index contributed by atoms with van der Waals surface area (Å²) in [5.74, 6) is 1.14. The van der Waals surface area contributed by atoms with Crippen molar-refractivity contribution in [3.63, 3.8) is 0 Å². The molecule has 0 aliphatic rings. The van der Waals surface area contributed by atoms with Crippen LogP contribution in [-0.2, 0) is 5.75 Å². The molecule has 0 atom stereocenters. The van der Waals surface area contributed by atoms with Crippen LogP contribution in [-0.4, -0.2) is 40.3 Å². The van der Waals surface area contributed by atoms with E-state index >= 15 is 0 Å². The second kappa shape index (κ2) is 9.82. The lowest BCUT2D eigenvalue weighted by atomic mass is 10.2. The first-order valence-electron chi connectivity index (χ1n) is 9.15. The molecule has 156 valence electrons. The average Bonchev–Trinajstić information content (AvgIpc) is 3.05. The zero-order chi connectivity index (χ0) is 21.7. The van der Waals surface area contributed by atoms with E-state index < -0.39 is 0 Å². The fraction of sp³-hybridized carbons (Fsp3) is 0.238. The van der Waals surface area contributed by atoms with Gasteiger partial charge in [0, 0.05) is 42.2 Å². The lowest BCUT2D eigenvalue weighted by Crippen LogP contribution is -2.16. The van der Waals surface area contributed by atoms with Crippen LogP contribution in [0.15, 0.2) is 57.0 Å². The molecule has 0 saturated heterocycles. The number of benzene rings is 1. The normalized spacial score (nSPS) is 10.7. The third-order valence-corrected chi connectivity index (χ3v) is 6.31. The first-order valence-corrected chi connectivity index (χ1v) is 11.0. The fourth-order valence-electron chi connectivity index (χ4n) is 2.52. The molecule has 9 heteroatoms. The van der Waals surface area contributed by atoms with Gasteiger partial charge in [0.2, 0.25) is 0 Å². The molecule has 3 rings (SSSR count). The van der Waals surface area contributed by atoms with Crippen molar-refractivity contribution >= 4 is 40.4 Å². The van der Waals surface area contributed by atoms with Crippen LogP contribution >= 0.6 is 23.5 Å². The molecule has 30 heavy (non-hydrogen) atoms. The zero-order valence-corrected chi connectivity index (χ0v) is 18.8. The van der Waals surface area contributed by atoms with Crippen LogP contribution in [0.2, 0.25) is 0 Å². The molecule has 0 aliphatic carbocycles. The van der Waals surface area contributed by atoms with Gasteiger partial charge in [-0.2, -0.15) is 0 Å². The van der Waals surface area contributed by atoms with Crippen molar-refractivity contribution in [2.45, 2.75) is 29.5 Å². The summed E-state index contributed by atoms with van der Waals surface area (Å²) in [5.41, 5.74) is 2.99. The summed E-state index contributed by atoms with van der Waals surface area (Å²) < 4.78 is 5.20. The Labute approximate surface area is 183 Å². The van der Waals surface area contributed by atoms with E-state index in [0.29, 0.717) is 22.0 Å². The number of thioether (sulfide) groups is 2. The molecule has 3 aromatic rings. The molecule has 0 aliphatic heterocycles. The van der Waals surface area contributed by atoms with E-state index in [1.54, 1.807) is 56.7 Å². The highest BCUT2D eigenvalue weighted by Crippen LogP contribution is 2.28. The summed E-state index contributed by atoms with van der Waals surface area (Å²) in [4.78, 5) is 31.3. The van der Waals surface area contributed by atoms with Crippen LogP contribution in [0, 0.1) is 13.8 Å². The number of hydrogen-bond acceptors (Lipinski definition) is 7. The van der Waals surface area contributed by atoms with Crippen molar-refractivity contribution in [1.82, 2.24) is 15.0 Å². The summed E-state index contributed by atoms with van der Waals surface area (Å²) in [6.07, 6.45) is 1.67. The summed E-state index contributed by atoms with van der Waals surface area (Å²) in [6, 6.07) is 10.6. The molecular weight excluding hydrogens is 420 g/mol. The number of rotatable bonds is 6. The molecule has 2 heterocycles. The summed E-state index contributed by atoms with van der Waals surface area (Å²) >= 11 is 2.60. The number of carbonyl (C=O) groups excluding carboxylic acids is 2. The lowest BCUT2D eigenvalue weighted by molar-refractivity contribution is 0.102. The molecule has 0 fully saturated rings. The molecule has 7 nitrogen and oxygen atoms in total. The summed E-state index contributed by atoms with van der Waals surface area (Å²) in [7, 11) is 3.41. The number of nitrogens with zero attached hydrogens (tertiary/aromatic N) is 3. The summed E-state index contributed by atoms with van der Waals surface area (Å²) in [5, 5.41) is 7.44. The largest absolute Gasteiger partial charge is 0.361 e. The van der Waals surface area contributed by atoms with E-state index in [0.717, 1.165) is 33.7 Å². The highest BCUT2D eigenvalue weighted by atomic mass is 32.2. The minimum atomic E-state index is -0.242. The topological polar surface area (TPSA) is 88.3 Å². The highest BCUT2D eigenvalue weighted by molar-refractivity contribution is 8.13. The maximum Gasteiger partial charge on any atom is 0.285 e. The van der Waals surface area contributed by atoms with Gasteiger partial charge in [-0.1, -0.05) is 5.16 Å². The van der Waals surface area contributed by atoms with Crippen molar-refractivity contribution in [3.8, 4) is 0 Å². The van der Waals surface area contributed by atoms with Crippen molar-refractivity contribution in [3.05, 3.63) is 65.2 Å². The first kappa shape index (κ1) is 21.9. The Bertz CT molecular complexity index is 1030. The molecule has 0 spiro atoms. The second-order valence-electron chi connectivity index (χ2n) is 6.69. The second-order valence-corrected chi connectivity index (χ2v) is 8.68. The molecule has 0 radical (unpaired) electrons. The van der Waals surface area contributed by atoms with Crippen molar-refractivity contribution in [2.75, 3.05) is 19.4 Å². The smallest absolute Gasteiger partial charge is 0.285 e. The molecular formula is C21H22N4O3S2. The highest BCUT2D eigenvalue weighted by Gasteiger charge is 2.16. The Balaban J connectivity index is 1.68. The molecule has 1 aromatic carbocycles. The number of pyridine rings is 1. The van der Waals surface area contributed by atoms with E-state index in [1.807, 2.05) is 13.8 Å². The number of hydrogen-bond donors (Lipinski definition) is 1. The number of anilines is 1. The van der Waals surface area contributed by atoms with Crippen LogP contribution in [0.5, 0.6) is 0 Å². The Morgan fingerprint density at radius 2 is 1.87 bits per heavy atom. The van der Waals surface area contributed by atoms with Gasteiger partial charge < -0.3 is 14.7 Å². The van der Waals surface area contributed by atoms with Crippen LogP contribution in [0.3, 0.4) is 0 Å². The van der Waals surface area contributed by atoms with Crippen LogP contribution in [0.25, 0.3) is 0 Å². The number of amides is 2. The van der Waals surface area contributed by atoms with Crippen molar-refractivity contribution in [2.24, 2.45) is 0 Å². The average molecular weight is 443 g/mol. The van der Waals surface area contributed by atoms with E-state index in [1.165, 1.54) is 16.7 Å². The Hall–Kier alpha value is -2.78. The molecule has 0 saturated carbocycles. The molecule has 0 unspecified atom stereocenters. The molecule has 1 N–H and O–H groups in total. The minimum absolute atomic E-state index is 0.0536. The SMILES string of the molecule is Cc1noc(C)c1CSc1ncccc1C(=O)Nc1ccc(SC(=O)N(C)C)cc1. The van der Waals surface area contributed by atoms with Crippen LogP contribution in [0.4, 0.5) is 10.5 Å². The van der Waals surface area contributed by atoms with Gasteiger partial charge in [-0.25, -0.2) is 4.98 Å². The van der Waals surface area contributed by atoms with Gasteiger partial charge in [0.25, 0.3) is 11.1 Å². The van der Waals surface area contributed by atoms with Crippen molar-refractivity contribution < 1.29 is 14.1 Å². The van der Waals surface area contributed by atoms with Gasteiger partial charge >= 0.3 is 0 Å². The van der Waals surface area contributed by atoms with Crippen molar-refractivity contribution in [1.29, 1.82) is 0 Å². The van der Waals surface area contributed by atoms with Crippen LogP contribution < -0.4 is 5.32 Å². The number of aromatic nitrogens is 2. The minimum Gasteiger partial charge on any atom is -0.361 e. The van der Waals surface area contributed by atoms with Gasteiger partial charge in [0.1, 0.15) is 10.8 Å². The Morgan fingerprint density at radius 1 is 1.13 bits per heavy atom. The predicted octanol–water partition coefficient (Wildman–Crippen LogP) is 5.00. The van der Waals surface area contributed by atoms with Gasteiger partial charge in [-0.15, -0.1) is 11.8 Å². The maximum atomic E-state index is 12.8. The number of carbonyl (C=O) groups is 2. The van der Waals surface area contributed by atoms with Gasteiger partial charge in [-0.05, 0) is 62.0 Å². The third-order valence-electron chi connectivity index (χ3n) is 4.23. The molecule has 0 bridgehead atoms. The fourth-order valence-corrected chi connectivity index (χ4v) is 4.33. The number of nitrogens with one attached hydrogen (secondary N) is 1. The van der Waals surface area contributed by atoms with Crippen LogP contribution in [0.1, 0.15) is 27.4 Å². The Morgan fingerprint density at radius 3 is 2.50 bits per heavy atom.